The lowest BCUT2D eigenvalue weighted by atomic mass is 10.2. The third-order valence-corrected chi connectivity index (χ3v) is 4.69. The van der Waals surface area contributed by atoms with E-state index in [1.807, 2.05) is 11.0 Å². The summed E-state index contributed by atoms with van der Waals surface area (Å²) in [6, 6.07) is 7.38. The second-order valence-electron chi connectivity index (χ2n) is 5.63. The molecule has 0 aromatic heterocycles. The number of amides is 1. The van der Waals surface area contributed by atoms with E-state index < -0.39 is 15.9 Å². The maximum Gasteiger partial charge on any atom is 0.267 e. The van der Waals surface area contributed by atoms with Gasteiger partial charge in [-0.3, -0.25) is 4.79 Å². The third kappa shape index (κ3) is 5.08. The SMILES string of the molecule is N#C/C(=C/N1CCCCCC1)C(=O)Nc1ccc(S(N)(=O)=O)cc1. The molecule has 1 amide bonds. The van der Waals surface area contributed by atoms with Crippen LogP contribution in [0.15, 0.2) is 40.9 Å². The lowest BCUT2D eigenvalue weighted by Crippen LogP contribution is -2.22. The molecule has 1 aliphatic rings. The first-order valence-electron chi connectivity index (χ1n) is 7.70. The number of carbonyl (C=O) groups excluding carboxylic acids is 1. The van der Waals surface area contributed by atoms with Crippen molar-refractivity contribution in [2.45, 2.75) is 30.6 Å². The monoisotopic (exact) mass is 348 g/mol. The Kier molecular flexibility index (Phi) is 5.95. The summed E-state index contributed by atoms with van der Waals surface area (Å²) in [7, 11) is -3.77. The average molecular weight is 348 g/mol. The van der Waals surface area contributed by atoms with Crippen molar-refractivity contribution < 1.29 is 13.2 Å². The van der Waals surface area contributed by atoms with Gasteiger partial charge in [0.2, 0.25) is 10.0 Å². The van der Waals surface area contributed by atoms with Crippen molar-refractivity contribution >= 4 is 21.6 Å². The topological polar surface area (TPSA) is 116 Å². The standard InChI is InChI=1S/C16H20N4O3S/c17-11-13(12-20-9-3-1-2-4-10-20)16(21)19-14-5-7-15(8-6-14)24(18,22)23/h5-8,12H,1-4,9-10H2,(H,19,21)(H2,18,22,23)/b13-12-. The predicted molar refractivity (Wildman–Crippen MR) is 90.2 cm³/mol. The molecule has 1 aromatic rings. The summed E-state index contributed by atoms with van der Waals surface area (Å²) in [6.07, 6.45) is 6.01. The molecule has 8 heteroatoms. The van der Waals surface area contributed by atoms with Crippen LogP contribution in [0.5, 0.6) is 0 Å². The zero-order chi connectivity index (χ0) is 17.6. The number of likely N-dealkylation sites (tertiary alicyclic amines) is 1. The minimum absolute atomic E-state index is 0.0208. The number of nitrogens with zero attached hydrogens (tertiary/aromatic N) is 2. The van der Waals surface area contributed by atoms with Gasteiger partial charge in [-0.2, -0.15) is 5.26 Å². The summed E-state index contributed by atoms with van der Waals surface area (Å²) in [5.41, 5.74) is 0.414. The molecule has 0 unspecified atom stereocenters. The highest BCUT2D eigenvalue weighted by Gasteiger charge is 2.14. The van der Waals surface area contributed by atoms with Crippen LogP contribution in [0, 0.1) is 11.3 Å². The van der Waals surface area contributed by atoms with Crippen LogP contribution >= 0.6 is 0 Å². The van der Waals surface area contributed by atoms with Gasteiger partial charge in [-0.1, -0.05) is 12.8 Å². The quantitative estimate of drug-likeness (QED) is 0.632. The lowest BCUT2D eigenvalue weighted by Gasteiger charge is -2.17. The Labute approximate surface area is 141 Å². The van der Waals surface area contributed by atoms with Crippen molar-refractivity contribution in [3.63, 3.8) is 0 Å². The minimum atomic E-state index is -3.77. The molecule has 1 heterocycles. The van der Waals surface area contributed by atoms with Gasteiger partial charge in [0.1, 0.15) is 11.6 Å². The Morgan fingerprint density at radius 2 is 1.75 bits per heavy atom. The number of rotatable bonds is 4. The summed E-state index contributed by atoms with van der Waals surface area (Å²) in [5, 5.41) is 16.8. The molecule has 1 saturated heterocycles. The van der Waals surface area contributed by atoms with E-state index in [2.05, 4.69) is 5.32 Å². The van der Waals surface area contributed by atoms with Crippen molar-refractivity contribution in [1.29, 1.82) is 5.26 Å². The van der Waals surface area contributed by atoms with Crippen LogP contribution in [-0.4, -0.2) is 32.3 Å². The number of hydrogen-bond acceptors (Lipinski definition) is 5. The van der Waals surface area contributed by atoms with E-state index in [9.17, 15) is 18.5 Å². The number of anilines is 1. The van der Waals surface area contributed by atoms with Crippen LogP contribution in [0.3, 0.4) is 0 Å². The zero-order valence-electron chi connectivity index (χ0n) is 13.2. The average Bonchev–Trinajstić information content (AvgIpc) is 2.80. The fourth-order valence-electron chi connectivity index (χ4n) is 2.47. The number of nitrogens with two attached hydrogens (primary N) is 1. The van der Waals surface area contributed by atoms with Gasteiger partial charge >= 0.3 is 0 Å². The van der Waals surface area contributed by atoms with E-state index in [-0.39, 0.29) is 10.5 Å². The van der Waals surface area contributed by atoms with Gasteiger partial charge in [0.15, 0.2) is 0 Å². The van der Waals surface area contributed by atoms with Crippen molar-refractivity contribution in [3.8, 4) is 6.07 Å². The Morgan fingerprint density at radius 3 is 2.25 bits per heavy atom. The highest BCUT2D eigenvalue weighted by Crippen LogP contribution is 2.15. The van der Waals surface area contributed by atoms with E-state index in [1.54, 1.807) is 6.20 Å². The van der Waals surface area contributed by atoms with E-state index >= 15 is 0 Å². The van der Waals surface area contributed by atoms with E-state index in [1.165, 1.54) is 24.3 Å². The second-order valence-corrected chi connectivity index (χ2v) is 7.19. The Balaban J connectivity index is 2.07. The van der Waals surface area contributed by atoms with E-state index in [0.717, 1.165) is 38.8 Å². The Hall–Kier alpha value is -2.37. The van der Waals surface area contributed by atoms with Gasteiger partial charge in [0.25, 0.3) is 5.91 Å². The number of primary sulfonamides is 1. The van der Waals surface area contributed by atoms with Crippen molar-refractivity contribution in [2.24, 2.45) is 5.14 Å². The first kappa shape index (κ1) is 18.0. The summed E-state index contributed by atoms with van der Waals surface area (Å²) >= 11 is 0. The Bertz CT molecular complexity index is 756. The molecule has 0 bridgehead atoms. The van der Waals surface area contributed by atoms with Crippen molar-refractivity contribution in [1.82, 2.24) is 4.90 Å². The molecule has 1 aromatic carbocycles. The van der Waals surface area contributed by atoms with E-state index in [0.29, 0.717) is 5.69 Å². The number of sulfonamides is 1. The first-order chi connectivity index (χ1) is 11.4. The molecule has 0 radical (unpaired) electrons. The number of nitrogens with one attached hydrogen (secondary N) is 1. The van der Waals surface area contributed by atoms with Crippen LogP contribution in [0.2, 0.25) is 0 Å². The summed E-state index contributed by atoms with van der Waals surface area (Å²) < 4.78 is 22.4. The number of hydrogen-bond donors (Lipinski definition) is 2. The third-order valence-electron chi connectivity index (χ3n) is 3.76. The molecule has 24 heavy (non-hydrogen) atoms. The molecule has 1 aliphatic heterocycles. The van der Waals surface area contributed by atoms with Crippen molar-refractivity contribution in [3.05, 3.63) is 36.0 Å². The number of benzene rings is 1. The summed E-state index contributed by atoms with van der Waals surface area (Å²) in [4.78, 5) is 14.2. The largest absolute Gasteiger partial charge is 0.376 e. The lowest BCUT2D eigenvalue weighted by molar-refractivity contribution is -0.112. The van der Waals surface area contributed by atoms with Gasteiger partial charge in [-0.05, 0) is 37.1 Å². The molecule has 0 saturated carbocycles. The number of nitriles is 1. The molecular weight excluding hydrogens is 328 g/mol. The smallest absolute Gasteiger partial charge is 0.267 e. The highest BCUT2D eigenvalue weighted by atomic mass is 32.2. The van der Waals surface area contributed by atoms with Gasteiger partial charge in [-0.15, -0.1) is 0 Å². The zero-order valence-corrected chi connectivity index (χ0v) is 14.1. The van der Waals surface area contributed by atoms with Gasteiger partial charge in [0.05, 0.1) is 4.90 Å². The van der Waals surface area contributed by atoms with Crippen molar-refractivity contribution in [2.75, 3.05) is 18.4 Å². The summed E-state index contributed by atoms with van der Waals surface area (Å²) in [6.45, 7) is 1.67. The molecular formula is C16H20N4O3S. The van der Waals surface area contributed by atoms with Crippen LogP contribution < -0.4 is 10.5 Å². The van der Waals surface area contributed by atoms with Gasteiger partial charge < -0.3 is 10.2 Å². The fourth-order valence-corrected chi connectivity index (χ4v) is 2.99. The molecule has 0 aliphatic carbocycles. The molecule has 0 spiro atoms. The molecule has 3 N–H and O–H groups in total. The maximum atomic E-state index is 12.2. The predicted octanol–water partition coefficient (Wildman–Crippen LogP) is 1.56. The normalized spacial score (nSPS) is 16.2. The van der Waals surface area contributed by atoms with E-state index in [4.69, 9.17) is 5.14 Å². The molecule has 2 rings (SSSR count). The molecule has 1 fully saturated rings. The minimum Gasteiger partial charge on any atom is -0.376 e. The second kappa shape index (κ2) is 7.95. The van der Waals surface area contributed by atoms with Crippen LogP contribution in [0.4, 0.5) is 5.69 Å². The molecule has 7 nitrogen and oxygen atoms in total. The van der Waals surface area contributed by atoms with Crippen LogP contribution in [0.25, 0.3) is 0 Å². The Morgan fingerprint density at radius 1 is 1.17 bits per heavy atom. The maximum absolute atomic E-state index is 12.2. The molecule has 128 valence electrons. The van der Waals surface area contributed by atoms with Gasteiger partial charge in [0, 0.05) is 25.0 Å². The van der Waals surface area contributed by atoms with Crippen LogP contribution in [-0.2, 0) is 14.8 Å². The van der Waals surface area contributed by atoms with Gasteiger partial charge in [-0.25, -0.2) is 13.6 Å². The molecule has 0 atom stereocenters. The highest BCUT2D eigenvalue weighted by molar-refractivity contribution is 7.89. The summed E-state index contributed by atoms with van der Waals surface area (Å²) in [5.74, 6) is -0.523. The first-order valence-corrected chi connectivity index (χ1v) is 9.25. The fraction of sp³-hybridized carbons (Fsp3) is 0.375. The van der Waals surface area contributed by atoms with Crippen LogP contribution in [0.1, 0.15) is 25.7 Å². The number of carbonyl (C=O) groups is 1.